The van der Waals surface area contributed by atoms with Crippen molar-refractivity contribution in [3.8, 4) is 23.0 Å². The topological polar surface area (TPSA) is 70.0 Å². The second-order valence-electron chi connectivity index (χ2n) is 6.23. The zero-order chi connectivity index (χ0) is 19.6. The number of nitrogens with zero attached hydrogens (tertiary/aromatic N) is 1. The number of ether oxygens (including phenoxy) is 4. The van der Waals surface area contributed by atoms with Gasteiger partial charge in [0.2, 0.25) is 0 Å². The Morgan fingerprint density at radius 3 is 2.00 bits per heavy atom. The third-order valence-corrected chi connectivity index (χ3v) is 4.68. The molecule has 0 fully saturated rings. The molecule has 0 aliphatic rings. The van der Waals surface area contributed by atoms with Crippen LogP contribution in [-0.2, 0) is 5.60 Å². The molecule has 1 N–H and O–H groups in total. The molecule has 0 saturated carbocycles. The van der Waals surface area contributed by atoms with E-state index in [0.29, 0.717) is 34.3 Å². The van der Waals surface area contributed by atoms with Crippen molar-refractivity contribution in [1.29, 1.82) is 0 Å². The van der Waals surface area contributed by atoms with Crippen LogP contribution < -0.4 is 18.9 Å². The quantitative estimate of drug-likeness (QED) is 0.717. The summed E-state index contributed by atoms with van der Waals surface area (Å²) in [5, 5.41) is 13.1. The van der Waals surface area contributed by atoms with Crippen LogP contribution in [0.25, 0.3) is 10.8 Å². The molecular weight excluding hydrogens is 346 g/mol. The summed E-state index contributed by atoms with van der Waals surface area (Å²) in [6.45, 7) is 1.70. The fourth-order valence-electron chi connectivity index (χ4n) is 3.16. The Bertz CT molecular complexity index is 968. The largest absolute Gasteiger partial charge is 0.493 e. The summed E-state index contributed by atoms with van der Waals surface area (Å²) in [6.07, 6.45) is 1.67. The van der Waals surface area contributed by atoms with Gasteiger partial charge in [-0.1, -0.05) is 6.07 Å². The number of pyridine rings is 1. The minimum atomic E-state index is -1.36. The minimum absolute atomic E-state index is 0.508. The third kappa shape index (κ3) is 3.24. The third-order valence-electron chi connectivity index (χ3n) is 4.68. The average Bonchev–Trinajstić information content (AvgIpc) is 2.71. The van der Waals surface area contributed by atoms with Crippen LogP contribution in [0.3, 0.4) is 0 Å². The Labute approximate surface area is 158 Å². The monoisotopic (exact) mass is 369 g/mol. The summed E-state index contributed by atoms with van der Waals surface area (Å²) in [7, 11) is 6.29. The molecule has 1 heterocycles. The van der Waals surface area contributed by atoms with E-state index >= 15 is 0 Å². The van der Waals surface area contributed by atoms with Crippen molar-refractivity contribution in [2.45, 2.75) is 12.5 Å². The summed E-state index contributed by atoms with van der Waals surface area (Å²) in [5.74, 6) is 2.32. The van der Waals surface area contributed by atoms with Gasteiger partial charge in [0.25, 0.3) is 0 Å². The van der Waals surface area contributed by atoms with E-state index in [1.165, 1.54) is 0 Å². The van der Waals surface area contributed by atoms with Gasteiger partial charge in [0, 0.05) is 11.6 Å². The second kappa shape index (κ2) is 7.32. The van der Waals surface area contributed by atoms with Crippen molar-refractivity contribution in [3.05, 3.63) is 53.9 Å². The lowest BCUT2D eigenvalue weighted by molar-refractivity contribution is 0.0987. The Balaban J connectivity index is 2.21. The number of aliphatic hydroxyl groups is 1. The van der Waals surface area contributed by atoms with Crippen molar-refractivity contribution < 1.29 is 24.1 Å². The van der Waals surface area contributed by atoms with Crippen molar-refractivity contribution in [2.75, 3.05) is 28.4 Å². The number of benzene rings is 2. The maximum atomic E-state index is 11.4. The molecule has 3 aromatic rings. The first-order chi connectivity index (χ1) is 13.0. The summed E-state index contributed by atoms with van der Waals surface area (Å²) in [4.78, 5) is 4.47. The zero-order valence-electron chi connectivity index (χ0n) is 16.1. The number of aromatic nitrogens is 1. The van der Waals surface area contributed by atoms with Crippen molar-refractivity contribution >= 4 is 10.8 Å². The molecule has 0 amide bonds. The van der Waals surface area contributed by atoms with Crippen LogP contribution in [0.1, 0.15) is 18.2 Å². The fourth-order valence-corrected chi connectivity index (χ4v) is 3.16. The molecule has 6 heteroatoms. The highest BCUT2D eigenvalue weighted by atomic mass is 16.5. The van der Waals surface area contributed by atoms with E-state index < -0.39 is 5.60 Å². The van der Waals surface area contributed by atoms with Crippen LogP contribution in [0.5, 0.6) is 23.0 Å². The van der Waals surface area contributed by atoms with Gasteiger partial charge < -0.3 is 24.1 Å². The molecule has 1 unspecified atom stereocenters. The van der Waals surface area contributed by atoms with Gasteiger partial charge >= 0.3 is 0 Å². The predicted octanol–water partition coefficient (Wildman–Crippen LogP) is 3.53. The Kier molecular flexibility index (Phi) is 5.10. The van der Waals surface area contributed by atoms with Gasteiger partial charge in [-0.2, -0.15) is 0 Å². The SMILES string of the molecule is COc1ccc(C(C)(O)c2nccc3cc(OC)c(OC)cc23)cc1OC. The highest BCUT2D eigenvalue weighted by Crippen LogP contribution is 2.40. The summed E-state index contributed by atoms with van der Waals surface area (Å²) in [6, 6.07) is 10.9. The first kappa shape index (κ1) is 18.8. The highest BCUT2D eigenvalue weighted by Gasteiger charge is 2.30. The van der Waals surface area contributed by atoms with Gasteiger partial charge in [-0.25, -0.2) is 0 Å². The lowest BCUT2D eigenvalue weighted by Crippen LogP contribution is -2.24. The lowest BCUT2D eigenvalue weighted by Gasteiger charge is -2.26. The first-order valence-corrected chi connectivity index (χ1v) is 8.42. The molecule has 0 radical (unpaired) electrons. The molecule has 6 nitrogen and oxygen atoms in total. The molecule has 0 spiro atoms. The van der Waals surface area contributed by atoms with Gasteiger partial charge in [-0.15, -0.1) is 0 Å². The smallest absolute Gasteiger partial charge is 0.161 e. The normalized spacial score (nSPS) is 13.1. The maximum absolute atomic E-state index is 11.4. The molecule has 0 saturated heterocycles. The van der Waals surface area contributed by atoms with E-state index in [2.05, 4.69) is 4.98 Å². The molecule has 1 atom stereocenters. The number of hydrogen-bond acceptors (Lipinski definition) is 6. The van der Waals surface area contributed by atoms with E-state index in [9.17, 15) is 5.11 Å². The van der Waals surface area contributed by atoms with Gasteiger partial charge in [0.05, 0.1) is 34.1 Å². The molecule has 0 aliphatic heterocycles. The van der Waals surface area contributed by atoms with E-state index in [-0.39, 0.29) is 0 Å². The van der Waals surface area contributed by atoms with E-state index in [1.807, 2.05) is 18.2 Å². The Morgan fingerprint density at radius 1 is 0.778 bits per heavy atom. The van der Waals surface area contributed by atoms with Crippen LogP contribution in [0.2, 0.25) is 0 Å². The number of rotatable bonds is 6. The summed E-state index contributed by atoms with van der Waals surface area (Å²) < 4.78 is 21.4. The molecule has 0 aliphatic carbocycles. The van der Waals surface area contributed by atoms with Gasteiger partial charge in [0.1, 0.15) is 5.60 Å². The molecule has 0 bridgehead atoms. The number of methoxy groups -OCH3 is 4. The number of hydrogen-bond donors (Lipinski definition) is 1. The molecule has 3 rings (SSSR count). The van der Waals surface area contributed by atoms with Crippen LogP contribution in [0, 0.1) is 0 Å². The maximum Gasteiger partial charge on any atom is 0.161 e. The van der Waals surface area contributed by atoms with Crippen LogP contribution in [-0.4, -0.2) is 38.5 Å². The van der Waals surface area contributed by atoms with Crippen LogP contribution >= 0.6 is 0 Å². The minimum Gasteiger partial charge on any atom is -0.493 e. The van der Waals surface area contributed by atoms with Gasteiger partial charge in [-0.05, 0) is 48.2 Å². The van der Waals surface area contributed by atoms with Crippen molar-refractivity contribution in [2.24, 2.45) is 0 Å². The Morgan fingerprint density at radius 2 is 1.37 bits per heavy atom. The Hall–Kier alpha value is -2.99. The van der Waals surface area contributed by atoms with Gasteiger partial charge in [-0.3, -0.25) is 4.98 Å². The fraction of sp³-hybridized carbons (Fsp3) is 0.286. The second-order valence-corrected chi connectivity index (χ2v) is 6.23. The highest BCUT2D eigenvalue weighted by molar-refractivity contribution is 5.88. The summed E-state index contributed by atoms with van der Waals surface area (Å²) in [5.41, 5.74) is -0.221. The summed E-state index contributed by atoms with van der Waals surface area (Å²) >= 11 is 0. The first-order valence-electron chi connectivity index (χ1n) is 8.42. The van der Waals surface area contributed by atoms with Crippen LogP contribution in [0.15, 0.2) is 42.6 Å². The molecule has 2 aromatic carbocycles. The predicted molar refractivity (Wildman–Crippen MR) is 103 cm³/mol. The average molecular weight is 369 g/mol. The van der Waals surface area contributed by atoms with Crippen molar-refractivity contribution in [1.82, 2.24) is 4.98 Å². The van der Waals surface area contributed by atoms with Gasteiger partial charge in [0.15, 0.2) is 23.0 Å². The standard InChI is InChI=1S/C21H23NO5/c1-21(23,14-6-7-16(24-2)18(11-14)26-4)20-15-12-19(27-5)17(25-3)10-13(15)8-9-22-20/h6-12,23H,1-5H3. The molecule has 142 valence electrons. The van der Waals surface area contributed by atoms with E-state index in [1.54, 1.807) is 59.8 Å². The number of fused-ring (bicyclic) bond motifs is 1. The molecule has 1 aromatic heterocycles. The van der Waals surface area contributed by atoms with Crippen LogP contribution in [0.4, 0.5) is 0 Å². The lowest BCUT2D eigenvalue weighted by atomic mass is 9.88. The molecule has 27 heavy (non-hydrogen) atoms. The zero-order valence-corrected chi connectivity index (χ0v) is 16.1. The molecular formula is C21H23NO5. The van der Waals surface area contributed by atoms with E-state index in [4.69, 9.17) is 18.9 Å². The van der Waals surface area contributed by atoms with Crippen molar-refractivity contribution in [3.63, 3.8) is 0 Å². The van der Waals surface area contributed by atoms with E-state index in [0.717, 1.165) is 10.8 Å².